The van der Waals surface area contributed by atoms with Crippen LogP contribution in [0, 0.1) is 0 Å². The Balaban J connectivity index is 2.32. The molecule has 0 aromatic rings. The number of hydrogen-bond acceptors (Lipinski definition) is 0. The SMILES string of the molecule is CC1=C(C)C[C]([Ti]([C]2=CC=CC2)=[Si](C)C)=C1. The van der Waals surface area contributed by atoms with Crippen molar-refractivity contribution in [3.63, 3.8) is 0 Å². The quantitative estimate of drug-likeness (QED) is 0.651. The summed E-state index contributed by atoms with van der Waals surface area (Å²) >= 11 is -1.07. The molecule has 0 N–H and O–H groups in total. The van der Waals surface area contributed by atoms with E-state index in [1.807, 2.05) is 7.76 Å². The molecule has 0 amide bonds. The predicted molar refractivity (Wildman–Crippen MR) is 70.4 cm³/mol. The van der Waals surface area contributed by atoms with Crippen LogP contribution in [-0.2, 0) is 16.6 Å². The summed E-state index contributed by atoms with van der Waals surface area (Å²) in [5, 5.41) is 0. The molecule has 0 aliphatic heterocycles. The molecule has 2 aliphatic rings. The van der Waals surface area contributed by atoms with E-state index >= 15 is 0 Å². The molecule has 0 bridgehead atoms. The molecule has 0 radical (unpaired) electrons. The second-order valence-corrected chi connectivity index (χ2v) is 16.9. The molecular formula is C14H20SiTi. The van der Waals surface area contributed by atoms with Crippen LogP contribution in [0.2, 0.25) is 13.1 Å². The molecule has 2 heteroatoms. The molecule has 0 spiro atoms. The maximum atomic E-state index is 2.52. The predicted octanol–water partition coefficient (Wildman–Crippen LogP) is 4.32. The maximum absolute atomic E-state index is 2.52. The van der Waals surface area contributed by atoms with Gasteiger partial charge in [0.05, 0.1) is 0 Å². The Bertz CT molecular complexity index is 469. The summed E-state index contributed by atoms with van der Waals surface area (Å²) in [4.78, 5) is 0. The summed E-state index contributed by atoms with van der Waals surface area (Å²) in [6, 6.07) is 0. The Morgan fingerprint density at radius 1 is 1.19 bits per heavy atom. The van der Waals surface area contributed by atoms with Gasteiger partial charge in [-0.15, -0.1) is 0 Å². The van der Waals surface area contributed by atoms with Crippen molar-refractivity contribution in [3.8, 4) is 0 Å². The minimum atomic E-state index is -1.07. The minimum absolute atomic E-state index is 0.122. The van der Waals surface area contributed by atoms with Gasteiger partial charge < -0.3 is 0 Å². The Kier molecular flexibility index (Phi) is 3.89. The normalized spacial score (nSPS) is 19.0. The van der Waals surface area contributed by atoms with Crippen LogP contribution in [0.5, 0.6) is 0 Å². The first kappa shape index (κ1) is 12.4. The first-order chi connectivity index (χ1) is 7.59. The van der Waals surface area contributed by atoms with Crippen molar-refractivity contribution in [2.45, 2.75) is 39.8 Å². The van der Waals surface area contributed by atoms with Crippen LogP contribution in [0.4, 0.5) is 0 Å². The van der Waals surface area contributed by atoms with Gasteiger partial charge in [-0.1, -0.05) is 0 Å². The topological polar surface area (TPSA) is 0 Å². The van der Waals surface area contributed by atoms with Crippen molar-refractivity contribution in [1.82, 2.24) is 0 Å². The third-order valence-electron chi connectivity index (χ3n) is 3.43. The van der Waals surface area contributed by atoms with Gasteiger partial charge in [0.15, 0.2) is 0 Å². The zero-order valence-electron chi connectivity index (χ0n) is 10.7. The van der Waals surface area contributed by atoms with E-state index in [1.165, 1.54) is 18.4 Å². The van der Waals surface area contributed by atoms with Gasteiger partial charge >= 0.3 is 106 Å². The molecule has 84 valence electrons. The molecule has 0 aromatic carbocycles. The summed E-state index contributed by atoms with van der Waals surface area (Å²) in [6.45, 7) is 9.61. The first-order valence-electron chi connectivity index (χ1n) is 6.00. The van der Waals surface area contributed by atoms with E-state index < -0.39 is 16.6 Å². The summed E-state index contributed by atoms with van der Waals surface area (Å²) in [6.07, 6.45) is 11.9. The molecule has 0 saturated heterocycles. The fourth-order valence-electron chi connectivity index (χ4n) is 2.50. The van der Waals surface area contributed by atoms with Gasteiger partial charge in [0.2, 0.25) is 0 Å². The van der Waals surface area contributed by atoms with Gasteiger partial charge in [0.25, 0.3) is 0 Å². The van der Waals surface area contributed by atoms with E-state index in [4.69, 9.17) is 0 Å². The molecular weight excluding hydrogens is 244 g/mol. The molecule has 0 aromatic heterocycles. The third-order valence-corrected chi connectivity index (χ3v) is 14.9. The molecule has 0 atom stereocenters. The van der Waals surface area contributed by atoms with Crippen molar-refractivity contribution in [2.24, 2.45) is 0 Å². The van der Waals surface area contributed by atoms with Crippen molar-refractivity contribution in [1.29, 1.82) is 0 Å². The molecule has 2 aliphatic carbocycles. The van der Waals surface area contributed by atoms with Crippen molar-refractivity contribution in [3.05, 3.63) is 43.2 Å². The van der Waals surface area contributed by atoms with Gasteiger partial charge in [-0.25, -0.2) is 0 Å². The van der Waals surface area contributed by atoms with Crippen LogP contribution in [0.3, 0.4) is 0 Å². The number of hydrogen-bond donors (Lipinski definition) is 0. The Hall–Kier alpha value is -0.109. The standard InChI is InChI=1S/C7H9.C5H5.C2H6Si.Ti/c1-6-4-3-5-7(6)2;1-2-4-5-3-1;1-3-2;/h4H,5H2,1-2H3;1-3H,4H2;1-2H3;. The van der Waals surface area contributed by atoms with Gasteiger partial charge in [0, 0.05) is 0 Å². The third kappa shape index (κ3) is 2.42. The van der Waals surface area contributed by atoms with Gasteiger partial charge in [-0.3, -0.25) is 0 Å². The van der Waals surface area contributed by atoms with Crippen LogP contribution in [-0.4, -0.2) is 6.19 Å². The van der Waals surface area contributed by atoms with E-state index in [2.05, 4.69) is 51.2 Å². The van der Waals surface area contributed by atoms with Crippen molar-refractivity contribution in [2.75, 3.05) is 0 Å². The molecule has 0 fully saturated rings. The van der Waals surface area contributed by atoms with Gasteiger partial charge in [-0.2, -0.15) is 0 Å². The fourth-order valence-corrected chi connectivity index (χ4v) is 14.0. The van der Waals surface area contributed by atoms with Crippen LogP contribution >= 0.6 is 0 Å². The monoisotopic (exact) mass is 264 g/mol. The fraction of sp³-hybridized carbons (Fsp3) is 0.429. The average Bonchev–Trinajstić information content (AvgIpc) is 2.79. The molecule has 0 nitrogen and oxygen atoms in total. The first-order valence-corrected chi connectivity index (χ1v) is 12.4. The van der Waals surface area contributed by atoms with E-state index in [0.29, 0.717) is 0 Å². The summed E-state index contributed by atoms with van der Waals surface area (Å²) in [5.41, 5.74) is 3.14. The molecule has 0 heterocycles. The van der Waals surface area contributed by atoms with Crippen LogP contribution in [0.25, 0.3) is 0 Å². The van der Waals surface area contributed by atoms with E-state index in [9.17, 15) is 0 Å². The zero-order chi connectivity index (χ0) is 11.7. The van der Waals surface area contributed by atoms with Gasteiger partial charge in [-0.05, 0) is 0 Å². The summed E-state index contributed by atoms with van der Waals surface area (Å²) < 4.78 is 3.65. The number of rotatable bonds is 2. The van der Waals surface area contributed by atoms with Crippen LogP contribution < -0.4 is 0 Å². The second kappa shape index (κ2) is 5.03. The van der Waals surface area contributed by atoms with Crippen LogP contribution in [0.15, 0.2) is 43.2 Å². The second-order valence-electron chi connectivity index (χ2n) is 5.01. The van der Waals surface area contributed by atoms with Gasteiger partial charge in [0.1, 0.15) is 0 Å². The average molecular weight is 264 g/mol. The van der Waals surface area contributed by atoms with Crippen molar-refractivity contribution < 1.29 is 16.6 Å². The Labute approximate surface area is 105 Å². The Morgan fingerprint density at radius 3 is 2.38 bits per heavy atom. The van der Waals surface area contributed by atoms with Crippen molar-refractivity contribution >= 4 is 6.19 Å². The molecule has 0 unspecified atom stereocenters. The van der Waals surface area contributed by atoms with E-state index in [-0.39, 0.29) is 6.19 Å². The molecule has 0 saturated carbocycles. The summed E-state index contributed by atoms with van der Waals surface area (Å²) in [5.74, 6) is 0. The number of allylic oxidation sites excluding steroid dienone is 8. The summed E-state index contributed by atoms with van der Waals surface area (Å²) in [7, 11) is 0. The Morgan fingerprint density at radius 2 is 1.94 bits per heavy atom. The van der Waals surface area contributed by atoms with E-state index in [0.717, 1.165) is 0 Å². The zero-order valence-corrected chi connectivity index (χ0v) is 13.3. The van der Waals surface area contributed by atoms with Crippen LogP contribution in [0.1, 0.15) is 26.7 Å². The van der Waals surface area contributed by atoms with E-state index in [1.54, 1.807) is 5.57 Å². The molecule has 16 heavy (non-hydrogen) atoms. The molecule has 2 rings (SSSR count).